The van der Waals surface area contributed by atoms with Crippen LogP contribution < -0.4 is 15.4 Å². The molecule has 3 heterocycles. The van der Waals surface area contributed by atoms with E-state index < -0.39 is 17.3 Å². The van der Waals surface area contributed by atoms with E-state index in [-0.39, 0.29) is 29.3 Å². The molecule has 2 amide bonds. The van der Waals surface area contributed by atoms with Crippen LogP contribution in [0.4, 0.5) is 16.0 Å². The second-order valence-corrected chi connectivity index (χ2v) is 10.9. The van der Waals surface area contributed by atoms with Gasteiger partial charge in [0.05, 0.1) is 23.0 Å². The van der Waals surface area contributed by atoms with Gasteiger partial charge in [-0.25, -0.2) is 19.3 Å². The van der Waals surface area contributed by atoms with Gasteiger partial charge in [0.1, 0.15) is 22.3 Å². The monoisotopic (exact) mass is 574 g/mol. The SMILES string of the molecule is CNC(=O)c1cc(Nc2nccc(-c3csc(-c4cccc(C5(O)CCN(C)C5=O)c4)n3)n2)c(OC2CC2)cc1F. The maximum absolute atomic E-state index is 14.6. The van der Waals surface area contributed by atoms with Crippen molar-refractivity contribution in [2.45, 2.75) is 31.0 Å². The molecule has 4 aromatic rings. The zero-order chi connectivity index (χ0) is 28.7. The van der Waals surface area contributed by atoms with E-state index in [4.69, 9.17) is 9.72 Å². The molecule has 0 spiro atoms. The Labute approximate surface area is 239 Å². The smallest absolute Gasteiger partial charge is 0.258 e. The average molecular weight is 575 g/mol. The molecular weight excluding hydrogens is 547 g/mol. The van der Waals surface area contributed by atoms with Crippen molar-refractivity contribution < 1.29 is 23.8 Å². The number of amides is 2. The van der Waals surface area contributed by atoms with Crippen LogP contribution in [0.3, 0.4) is 0 Å². The molecule has 0 bridgehead atoms. The quantitative estimate of drug-likeness (QED) is 0.287. The number of hydrogen-bond donors (Lipinski definition) is 3. The first-order valence-electron chi connectivity index (χ1n) is 13.1. The average Bonchev–Trinajstić information content (AvgIpc) is 3.59. The molecule has 1 aliphatic carbocycles. The van der Waals surface area contributed by atoms with Crippen molar-refractivity contribution in [1.29, 1.82) is 0 Å². The number of carbonyl (C=O) groups excluding carboxylic acids is 2. The van der Waals surface area contributed by atoms with Crippen molar-refractivity contribution in [2.75, 3.05) is 26.0 Å². The highest BCUT2D eigenvalue weighted by Crippen LogP contribution is 2.37. The Hall–Kier alpha value is -4.42. The van der Waals surface area contributed by atoms with Crippen LogP contribution >= 0.6 is 11.3 Å². The number of carbonyl (C=O) groups is 2. The molecule has 210 valence electrons. The third-order valence-corrected chi connectivity index (χ3v) is 8.02. The van der Waals surface area contributed by atoms with Crippen LogP contribution in [-0.2, 0) is 10.4 Å². The molecule has 2 aromatic carbocycles. The number of thiazole rings is 1. The fourth-order valence-electron chi connectivity index (χ4n) is 4.66. The summed E-state index contributed by atoms with van der Waals surface area (Å²) in [6, 6.07) is 11.5. The van der Waals surface area contributed by atoms with E-state index in [1.807, 2.05) is 11.4 Å². The number of aliphatic hydroxyl groups is 1. The van der Waals surface area contributed by atoms with E-state index in [9.17, 15) is 19.1 Å². The zero-order valence-electron chi connectivity index (χ0n) is 22.3. The van der Waals surface area contributed by atoms with E-state index in [1.165, 1.54) is 35.4 Å². The molecule has 41 heavy (non-hydrogen) atoms. The van der Waals surface area contributed by atoms with E-state index in [0.29, 0.717) is 40.6 Å². The van der Waals surface area contributed by atoms with Gasteiger partial charge in [-0.2, -0.15) is 0 Å². The number of hydrogen-bond acceptors (Lipinski definition) is 9. The third kappa shape index (κ3) is 5.23. The third-order valence-electron chi connectivity index (χ3n) is 7.12. The lowest BCUT2D eigenvalue weighted by Gasteiger charge is -2.21. The maximum Gasteiger partial charge on any atom is 0.258 e. The van der Waals surface area contributed by atoms with Gasteiger partial charge in [0.15, 0.2) is 5.60 Å². The van der Waals surface area contributed by atoms with Crippen molar-refractivity contribution in [3.8, 4) is 27.7 Å². The summed E-state index contributed by atoms with van der Waals surface area (Å²) in [6.45, 7) is 0.490. The van der Waals surface area contributed by atoms with Gasteiger partial charge < -0.3 is 25.4 Å². The number of likely N-dealkylation sites (N-methyl/N-ethyl adjacent to an activating group) is 1. The number of nitrogens with one attached hydrogen (secondary N) is 2. The number of halogens is 1. The Balaban J connectivity index is 1.27. The lowest BCUT2D eigenvalue weighted by atomic mass is 9.91. The van der Waals surface area contributed by atoms with Crippen molar-refractivity contribution in [3.63, 3.8) is 0 Å². The molecule has 1 saturated carbocycles. The zero-order valence-corrected chi connectivity index (χ0v) is 23.2. The number of benzene rings is 2. The number of ether oxygens (including phenoxy) is 1. The minimum atomic E-state index is -1.54. The van der Waals surface area contributed by atoms with Crippen LogP contribution in [0.2, 0.25) is 0 Å². The Kier molecular flexibility index (Phi) is 6.88. The summed E-state index contributed by atoms with van der Waals surface area (Å²) in [7, 11) is 3.11. The number of rotatable bonds is 8. The molecule has 1 aliphatic heterocycles. The van der Waals surface area contributed by atoms with Crippen molar-refractivity contribution >= 4 is 34.8 Å². The van der Waals surface area contributed by atoms with Crippen LogP contribution in [0, 0.1) is 5.82 Å². The summed E-state index contributed by atoms with van der Waals surface area (Å²) in [5.41, 5.74) is 1.16. The minimum absolute atomic E-state index is 0.00777. The van der Waals surface area contributed by atoms with Gasteiger partial charge in [-0.05, 0) is 36.6 Å². The first kappa shape index (κ1) is 26.8. The number of aromatic nitrogens is 3. The Morgan fingerprint density at radius 2 is 2.02 bits per heavy atom. The highest BCUT2D eigenvalue weighted by atomic mass is 32.1. The van der Waals surface area contributed by atoms with Gasteiger partial charge in [0.2, 0.25) is 5.95 Å². The Morgan fingerprint density at radius 1 is 1.20 bits per heavy atom. The lowest BCUT2D eigenvalue weighted by Crippen LogP contribution is -2.36. The van der Waals surface area contributed by atoms with Gasteiger partial charge in [0, 0.05) is 50.3 Å². The molecular formula is C29H27FN6O4S. The van der Waals surface area contributed by atoms with Crippen molar-refractivity contribution in [2.24, 2.45) is 0 Å². The van der Waals surface area contributed by atoms with Gasteiger partial charge >= 0.3 is 0 Å². The predicted octanol–water partition coefficient (Wildman–Crippen LogP) is 4.10. The second-order valence-electron chi connectivity index (χ2n) is 10.1. The van der Waals surface area contributed by atoms with Crippen molar-refractivity contribution in [1.82, 2.24) is 25.2 Å². The minimum Gasteiger partial charge on any atom is -0.488 e. The molecule has 6 rings (SSSR count). The normalized spacial score (nSPS) is 18.4. The molecule has 1 atom stereocenters. The molecule has 1 unspecified atom stereocenters. The Morgan fingerprint density at radius 3 is 2.76 bits per heavy atom. The van der Waals surface area contributed by atoms with E-state index in [2.05, 4.69) is 20.6 Å². The summed E-state index contributed by atoms with van der Waals surface area (Å²) >= 11 is 1.41. The highest BCUT2D eigenvalue weighted by molar-refractivity contribution is 7.13. The van der Waals surface area contributed by atoms with Crippen LogP contribution in [0.15, 0.2) is 54.0 Å². The summed E-state index contributed by atoms with van der Waals surface area (Å²) < 4.78 is 20.5. The molecule has 0 radical (unpaired) electrons. The van der Waals surface area contributed by atoms with Gasteiger partial charge in [0.25, 0.3) is 11.8 Å². The first-order chi connectivity index (χ1) is 19.7. The highest BCUT2D eigenvalue weighted by Gasteiger charge is 2.45. The van der Waals surface area contributed by atoms with Crippen LogP contribution in [-0.4, -0.2) is 63.5 Å². The second kappa shape index (κ2) is 10.5. The fraction of sp³-hybridized carbons (Fsp3) is 0.276. The van der Waals surface area contributed by atoms with E-state index in [0.717, 1.165) is 18.4 Å². The summed E-state index contributed by atoms with van der Waals surface area (Å²) in [5.74, 6) is -1.06. The molecule has 3 N–H and O–H groups in total. The van der Waals surface area contributed by atoms with E-state index >= 15 is 0 Å². The first-order valence-corrected chi connectivity index (χ1v) is 14.0. The number of likely N-dealkylation sites (tertiary alicyclic amines) is 1. The molecule has 2 fully saturated rings. The summed E-state index contributed by atoms with van der Waals surface area (Å²) in [5, 5.41) is 19.1. The number of anilines is 2. The molecule has 2 aliphatic rings. The van der Waals surface area contributed by atoms with Gasteiger partial charge in [-0.15, -0.1) is 11.3 Å². The van der Waals surface area contributed by atoms with Crippen LogP contribution in [0.25, 0.3) is 22.0 Å². The van der Waals surface area contributed by atoms with E-state index in [1.54, 1.807) is 37.5 Å². The largest absolute Gasteiger partial charge is 0.488 e. The van der Waals surface area contributed by atoms with Crippen LogP contribution in [0.5, 0.6) is 5.75 Å². The fourth-order valence-corrected chi connectivity index (χ4v) is 5.47. The van der Waals surface area contributed by atoms with Gasteiger partial charge in [-0.1, -0.05) is 18.2 Å². The van der Waals surface area contributed by atoms with Gasteiger partial charge in [-0.3, -0.25) is 9.59 Å². The standard InChI is InChI=1S/C29H27FN6O4S/c1-31-25(37)19-13-22(24(14-20(19)30)40-18-6-7-18)35-28-32-10-8-21(34-28)23-15-41-26(33-23)16-4-3-5-17(12-16)29(39)9-11-36(2)27(29)38/h3-5,8,10,12-15,18,39H,6-7,9,11H2,1-2H3,(H,31,37)(H,32,34,35). The van der Waals surface area contributed by atoms with Crippen LogP contribution in [0.1, 0.15) is 35.2 Å². The van der Waals surface area contributed by atoms with Crippen molar-refractivity contribution in [3.05, 3.63) is 71.0 Å². The topological polar surface area (TPSA) is 130 Å². The molecule has 1 saturated heterocycles. The maximum atomic E-state index is 14.6. The lowest BCUT2D eigenvalue weighted by molar-refractivity contribution is -0.143. The molecule has 10 nitrogen and oxygen atoms in total. The summed E-state index contributed by atoms with van der Waals surface area (Å²) in [6.07, 6.45) is 3.68. The number of nitrogens with zero attached hydrogens (tertiary/aromatic N) is 4. The summed E-state index contributed by atoms with van der Waals surface area (Å²) in [4.78, 5) is 39.9. The molecule has 2 aromatic heterocycles. The predicted molar refractivity (Wildman–Crippen MR) is 151 cm³/mol. The molecule has 12 heteroatoms. The Bertz CT molecular complexity index is 1660.